The second-order valence-corrected chi connectivity index (χ2v) is 5.15. The summed E-state index contributed by atoms with van der Waals surface area (Å²) >= 11 is 0. The van der Waals surface area contributed by atoms with Gasteiger partial charge in [0, 0.05) is 29.7 Å². The van der Waals surface area contributed by atoms with Gasteiger partial charge in [0.25, 0.3) is 0 Å². The fourth-order valence-electron chi connectivity index (χ4n) is 2.10. The summed E-state index contributed by atoms with van der Waals surface area (Å²) in [4.78, 5) is 12.8. The summed E-state index contributed by atoms with van der Waals surface area (Å²) in [7, 11) is 0. The van der Waals surface area contributed by atoms with Crippen LogP contribution in [0.5, 0.6) is 0 Å². The monoisotopic (exact) mass is 327 g/mol. The first kappa shape index (κ1) is 15.8. The first-order valence-corrected chi connectivity index (χ1v) is 7.32. The summed E-state index contributed by atoms with van der Waals surface area (Å²) in [5, 5.41) is 6.03. The molecular formula is C17H15F2N5. The molecule has 2 aromatic heterocycles. The van der Waals surface area contributed by atoms with Gasteiger partial charge >= 0.3 is 0 Å². The molecule has 0 radical (unpaired) electrons. The minimum atomic E-state index is -0.929. The molecule has 0 fully saturated rings. The van der Waals surface area contributed by atoms with Crippen molar-refractivity contribution in [2.24, 2.45) is 0 Å². The molecule has 0 amide bonds. The molecule has 3 aromatic rings. The summed E-state index contributed by atoms with van der Waals surface area (Å²) in [6.45, 7) is 2.34. The fraction of sp³-hybridized carbons (Fsp3) is 0.118. The number of nitrogens with one attached hydrogen (secondary N) is 2. The largest absolute Gasteiger partial charge is 0.364 e. The van der Waals surface area contributed by atoms with Crippen LogP contribution in [0.3, 0.4) is 0 Å². The van der Waals surface area contributed by atoms with Crippen molar-refractivity contribution < 1.29 is 8.78 Å². The van der Waals surface area contributed by atoms with Gasteiger partial charge < -0.3 is 10.6 Å². The molecule has 1 aromatic carbocycles. The second kappa shape index (κ2) is 6.99. The van der Waals surface area contributed by atoms with Crippen molar-refractivity contribution in [2.75, 3.05) is 10.6 Å². The Hall–Kier alpha value is -3.09. The van der Waals surface area contributed by atoms with Crippen molar-refractivity contribution in [3.05, 3.63) is 71.7 Å². The van der Waals surface area contributed by atoms with E-state index in [9.17, 15) is 8.78 Å². The van der Waals surface area contributed by atoms with E-state index in [1.807, 2.05) is 25.1 Å². The number of pyridine rings is 1. The molecule has 122 valence electrons. The van der Waals surface area contributed by atoms with Gasteiger partial charge in [0.05, 0.1) is 12.2 Å². The van der Waals surface area contributed by atoms with Crippen LogP contribution in [-0.2, 0) is 6.54 Å². The zero-order valence-corrected chi connectivity index (χ0v) is 12.9. The van der Waals surface area contributed by atoms with Crippen molar-refractivity contribution >= 4 is 17.5 Å². The van der Waals surface area contributed by atoms with Crippen LogP contribution in [0.1, 0.15) is 11.4 Å². The van der Waals surface area contributed by atoms with E-state index in [1.54, 1.807) is 12.3 Å². The lowest BCUT2D eigenvalue weighted by atomic mass is 10.3. The molecule has 0 aliphatic carbocycles. The van der Waals surface area contributed by atoms with Crippen molar-refractivity contribution in [1.29, 1.82) is 0 Å². The Labute approximate surface area is 137 Å². The number of aryl methyl sites for hydroxylation is 1. The number of hydrogen-bond acceptors (Lipinski definition) is 5. The number of aromatic nitrogens is 3. The summed E-state index contributed by atoms with van der Waals surface area (Å²) in [6, 6.07) is 11.0. The van der Waals surface area contributed by atoms with Crippen LogP contribution >= 0.6 is 0 Å². The molecular weight excluding hydrogens is 312 g/mol. The number of rotatable bonds is 5. The molecule has 24 heavy (non-hydrogen) atoms. The highest BCUT2D eigenvalue weighted by Crippen LogP contribution is 2.18. The molecule has 3 rings (SSSR count). The normalized spacial score (nSPS) is 10.5. The van der Waals surface area contributed by atoms with Crippen molar-refractivity contribution in [3.8, 4) is 0 Å². The minimum Gasteiger partial charge on any atom is -0.364 e. The van der Waals surface area contributed by atoms with E-state index >= 15 is 0 Å². The maximum atomic E-state index is 13.3. The zero-order chi connectivity index (χ0) is 16.9. The molecule has 7 heteroatoms. The van der Waals surface area contributed by atoms with Gasteiger partial charge in [-0.2, -0.15) is 4.98 Å². The third kappa shape index (κ3) is 4.01. The lowest BCUT2D eigenvalue weighted by Crippen LogP contribution is -2.06. The maximum absolute atomic E-state index is 13.3. The Kier molecular flexibility index (Phi) is 4.60. The number of halogens is 2. The van der Waals surface area contributed by atoms with Crippen LogP contribution in [0, 0.1) is 18.6 Å². The molecule has 2 heterocycles. The Bertz CT molecular complexity index is 840. The van der Waals surface area contributed by atoms with Gasteiger partial charge in [0.1, 0.15) is 5.82 Å². The average Bonchev–Trinajstić information content (AvgIpc) is 2.57. The highest BCUT2D eigenvalue weighted by atomic mass is 19.2. The number of nitrogens with zero attached hydrogens (tertiary/aromatic N) is 3. The van der Waals surface area contributed by atoms with Crippen LogP contribution in [0.2, 0.25) is 0 Å². The van der Waals surface area contributed by atoms with E-state index in [-0.39, 0.29) is 0 Å². The first-order valence-electron chi connectivity index (χ1n) is 7.32. The van der Waals surface area contributed by atoms with Gasteiger partial charge in [-0.15, -0.1) is 0 Å². The topological polar surface area (TPSA) is 62.7 Å². The molecule has 0 saturated heterocycles. The van der Waals surface area contributed by atoms with E-state index in [2.05, 4.69) is 25.6 Å². The second-order valence-electron chi connectivity index (χ2n) is 5.15. The lowest BCUT2D eigenvalue weighted by Gasteiger charge is -2.10. The van der Waals surface area contributed by atoms with E-state index in [0.29, 0.717) is 24.0 Å². The Balaban J connectivity index is 1.74. The number of hydrogen-bond donors (Lipinski definition) is 2. The average molecular weight is 327 g/mol. The highest BCUT2D eigenvalue weighted by Gasteiger charge is 2.06. The molecule has 0 saturated carbocycles. The molecule has 0 aliphatic heterocycles. The van der Waals surface area contributed by atoms with Gasteiger partial charge in [-0.3, -0.25) is 4.98 Å². The molecule has 0 unspecified atom stereocenters. The van der Waals surface area contributed by atoms with Gasteiger partial charge in [-0.1, -0.05) is 6.07 Å². The molecule has 0 aliphatic rings. The van der Waals surface area contributed by atoms with E-state index in [4.69, 9.17) is 0 Å². The predicted octanol–water partition coefficient (Wildman–Crippen LogP) is 3.81. The molecule has 0 spiro atoms. The van der Waals surface area contributed by atoms with E-state index in [1.165, 1.54) is 6.07 Å². The zero-order valence-electron chi connectivity index (χ0n) is 12.9. The van der Waals surface area contributed by atoms with E-state index in [0.717, 1.165) is 23.5 Å². The summed E-state index contributed by atoms with van der Waals surface area (Å²) in [5.74, 6) is -0.924. The summed E-state index contributed by atoms with van der Waals surface area (Å²) in [5.41, 5.74) is 1.98. The van der Waals surface area contributed by atoms with Crippen molar-refractivity contribution in [2.45, 2.75) is 13.5 Å². The van der Waals surface area contributed by atoms with Crippen LogP contribution in [0.4, 0.5) is 26.2 Å². The lowest BCUT2D eigenvalue weighted by molar-refractivity contribution is 0.509. The summed E-state index contributed by atoms with van der Waals surface area (Å²) < 4.78 is 26.3. The Morgan fingerprint density at radius 1 is 1.00 bits per heavy atom. The third-order valence-corrected chi connectivity index (χ3v) is 3.21. The SMILES string of the molecule is Cc1cc(NCc2ccccn2)nc(Nc2ccc(F)c(F)c2)n1. The predicted molar refractivity (Wildman–Crippen MR) is 88.0 cm³/mol. The van der Waals surface area contributed by atoms with E-state index < -0.39 is 11.6 Å². The van der Waals surface area contributed by atoms with Gasteiger partial charge in [-0.05, 0) is 31.2 Å². The van der Waals surface area contributed by atoms with Crippen molar-refractivity contribution in [1.82, 2.24) is 15.0 Å². The summed E-state index contributed by atoms with van der Waals surface area (Å²) in [6.07, 6.45) is 1.72. The standard InChI is InChI=1S/C17H15F2N5/c1-11-8-16(21-10-13-4-2-3-7-20-13)24-17(22-11)23-12-5-6-14(18)15(19)9-12/h2-9H,10H2,1H3,(H2,21,22,23,24). The van der Waals surface area contributed by atoms with Crippen LogP contribution in [0.25, 0.3) is 0 Å². The first-order chi connectivity index (χ1) is 11.6. The van der Waals surface area contributed by atoms with Crippen LogP contribution in [0.15, 0.2) is 48.7 Å². The highest BCUT2D eigenvalue weighted by molar-refractivity contribution is 5.55. The molecule has 0 bridgehead atoms. The molecule has 5 nitrogen and oxygen atoms in total. The van der Waals surface area contributed by atoms with Crippen molar-refractivity contribution in [3.63, 3.8) is 0 Å². The number of anilines is 3. The smallest absolute Gasteiger partial charge is 0.229 e. The molecule has 0 atom stereocenters. The quantitative estimate of drug-likeness (QED) is 0.746. The Morgan fingerprint density at radius 2 is 1.88 bits per heavy atom. The van der Waals surface area contributed by atoms with Gasteiger partial charge in [-0.25, -0.2) is 13.8 Å². The number of benzene rings is 1. The van der Waals surface area contributed by atoms with Gasteiger partial charge in [0.15, 0.2) is 11.6 Å². The fourth-order valence-corrected chi connectivity index (χ4v) is 2.10. The minimum absolute atomic E-state index is 0.296. The van der Waals surface area contributed by atoms with Gasteiger partial charge in [0.2, 0.25) is 5.95 Å². The molecule has 2 N–H and O–H groups in total. The van der Waals surface area contributed by atoms with Crippen LogP contribution < -0.4 is 10.6 Å². The third-order valence-electron chi connectivity index (χ3n) is 3.21. The van der Waals surface area contributed by atoms with Crippen LogP contribution in [-0.4, -0.2) is 15.0 Å². The maximum Gasteiger partial charge on any atom is 0.229 e. The Morgan fingerprint density at radius 3 is 2.62 bits per heavy atom.